The van der Waals surface area contributed by atoms with Crippen LogP contribution in [0.4, 0.5) is 11.8 Å². The second-order valence-electron chi connectivity index (χ2n) is 12.6. The molecule has 248 valence electrons. The Morgan fingerprint density at radius 2 is 1.69 bits per heavy atom. The van der Waals surface area contributed by atoms with E-state index in [1.807, 2.05) is 10.9 Å². The van der Waals surface area contributed by atoms with E-state index < -0.39 is 7.60 Å². The van der Waals surface area contributed by atoms with Crippen LogP contribution in [0.2, 0.25) is 0 Å². The number of aryl methyl sites for hydroxylation is 3. The molecule has 2 fully saturated rings. The van der Waals surface area contributed by atoms with Crippen molar-refractivity contribution in [3.05, 3.63) is 35.2 Å². The van der Waals surface area contributed by atoms with Crippen molar-refractivity contribution in [1.82, 2.24) is 40.5 Å². The Hall–Kier alpha value is -2.67. The second-order valence-corrected chi connectivity index (χ2v) is 14.4. The second kappa shape index (κ2) is 16.2. The summed E-state index contributed by atoms with van der Waals surface area (Å²) in [5.41, 5.74) is 4.09. The van der Waals surface area contributed by atoms with Gasteiger partial charge in [0.1, 0.15) is 11.5 Å². The fourth-order valence-corrected chi connectivity index (χ4v) is 6.66. The summed E-state index contributed by atoms with van der Waals surface area (Å²) in [6, 6.07) is 4.97. The Balaban J connectivity index is 1.10. The van der Waals surface area contributed by atoms with Crippen molar-refractivity contribution in [2.45, 2.75) is 77.9 Å². The lowest BCUT2D eigenvalue weighted by atomic mass is 9.95. The maximum Gasteiger partial charge on any atom is 0.326 e. The summed E-state index contributed by atoms with van der Waals surface area (Å²) in [5, 5.41) is 20.5. The normalized spacial score (nSPS) is 16.9. The quantitative estimate of drug-likeness (QED) is 0.115. The Kier molecular flexibility index (Phi) is 12.2. The smallest absolute Gasteiger partial charge is 0.326 e. The first kappa shape index (κ1) is 33.7. The van der Waals surface area contributed by atoms with Crippen LogP contribution in [0, 0.1) is 13.8 Å². The molecule has 14 heteroatoms. The van der Waals surface area contributed by atoms with Gasteiger partial charge in [-0.15, -0.1) is 5.10 Å². The highest BCUT2D eigenvalue weighted by atomic mass is 31.2. The molecule has 1 aromatic carbocycles. The average molecular weight is 643 g/mol. The van der Waals surface area contributed by atoms with Gasteiger partial charge in [0, 0.05) is 50.7 Å². The zero-order valence-electron chi connectivity index (χ0n) is 26.9. The van der Waals surface area contributed by atoms with E-state index >= 15 is 0 Å². The lowest BCUT2D eigenvalue weighted by Crippen LogP contribution is -2.47. The highest BCUT2D eigenvalue weighted by Gasteiger charge is 2.23. The molecular formula is C31H51N10O3P. The van der Waals surface area contributed by atoms with Gasteiger partial charge < -0.3 is 30.6 Å². The molecule has 0 atom stereocenters. The molecule has 5 N–H and O–H groups in total. The van der Waals surface area contributed by atoms with Crippen LogP contribution in [0.15, 0.2) is 18.3 Å². The van der Waals surface area contributed by atoms with Gasteiger partial charge in [0.2, 0.25) is 5.95 Å². The fourth-order valence-electron chi connectivity index (χ4n) is 6.12. The van der Waals surface area contributed by atoms with Crippen LogP contribution in [0.1, 0.15) is 61.8 Å². The predicted octanol–water partition coefficient (Wildman–Crippen LogP) is 3.04. The Morgan fingerprint density at radius 3 is 2.47 bits per heavy atom. The molecule has 3 aromatic rings. The molecule has 1 saturated carbocycles. The summed E-state index contributed by atoms with van der Waals surface area (Å²) in [7, 11) is -4.00. The van der Waals surface area contributed by atoms with Crippen molar-refractivity contribution < 1.29 is 14.4 Å². The van der Waals surface area contributed by atoms with Crippen LogP contribution in [-0.4, -0.2) is 104 Å². The highest BCUT2D eigenvalue weighted by Crippen LogP contribution is 2.34. The molecule has 0 amide bonds. The average Bonchev–Trinajstić information content (AvgIpc) is 3.49. The number of hydrogen-bond acceptors (Lipinski definition) is 10. The molecule has 1 saturated heterocycles. The van der Waals surface area contributed by atoms with Gasteiger partial charge in [-0.25, -0.2) is 4.98 Å². The third kappa shape index (κ3) is 10.4. The molecule has 45 heavy (non-hydrogen) atoms. The van der Waals surface area contributed by atoms with Gasteiger partial charge in [-0.05, 0) is 82.4 Å². The van der Waals surface area contributed by atoms with E-state index in [2.05, 4.69) is 62.0 Å². The summed E-state index contributed by atoms with van der Waals surface area (Å²) in [6.07, 6.45) is 10.9. The largest absolute Gasteiger partial charge is 0.364 e. The summed E-state index contributed by atoms with van der Waals surface area (Å²) in [6.45, 7) is 11.8. The number of nitrogens with zero attached hydrogens (tertiary/aromatic N) is 7. The van der Waals surface area contributed by atoms with Crippen molar-refractivity contribution in [3.8, 4) is 0 Å². The van der Waals surface area contributed by atoms with Crippen molar-refractivity contribution in [3.63, 3.8) is 0 Å². The monoisotopic (exact) mass is 642 g/mol. The number of anilines is 2. The van der Waals surface area contributed by atoms with E-state index in [9.17, 15) is 14.4 Å². The molecule has 0 radical (unpaired) electrons. The summed E-state index contributed by atoms with van der Waals surface area (Å²) >= 11 is 0. The first-order valence-electron chi connectivity index (χ1n) is 16.6. The van der Waals surface area contributed by atoms with Gasteiger partial charge in [0.15, 0.2) is 0 Å². The summed E-state index contributed by atoms with van der Waals surface area (Å²) in [4.78, 5) is 32.5. The molecule has 1 aliphatic carbocycles. The standard InChI is InChI=1S/C31H51N10O3P/c1-24-20-28-29(21-25(24)2)35-31(40-16-14-39(15-17-40)18-19-45(42,43)44)36-30(28)34-22-27-23-41(38-37-27)13-7-11-32-10-6-12-33-26-8-4-3-5-9-26/h20-21,23,26,32-33H,3-19,22H2,1-2H3,(H,34,35,36)(H2,42,43,44). The molecule has 13 nitrogen and oxygen atoms in total. The van der Waals surface area contributed by atoms with Crippen LogP contribution in [-0.2, 0) is 17.7 Å². The molecule has 0 bridgehead atoms. The molecule has 5 rings (SSSR count). The van der Waals surface area contributed by atoms with E-state index in [0.29, 0.717) is 45.2 Å². The van der Waals surface area contributed by atoms with Crippen molar-refractivity contribution in [2.24, 2.45) is 0 Å². The molecule has 0 spiro atoms. The first-order chi connectivity index (χ1) is 21.7. The predicted molar refractivity (Wildman–Crippen MR) is 179 cm³/mol. The number of aromatic nitrogens is 5. The van der Waals surface area contributed by atoms with Gasteiger partial charge in [-0.1, -0.05) is 24.5 Å². The van der Waals surface area contributed by atoms with Gasteiger partial charge in [0.25, 0.3) is 0 Å². The Morgan fingerprint density at radius 1 is 0.933 bits per heavy atom. The maximum absolute atomic E-state index is 11.3. The van der Waals surface area contributed by atoms with Crippen molar-refractivity contribution in [1.29, 1.82) is 0 Å². The molecule has 0 unspecified atom stereocenters. The van der Waals surface area contributed by atoms with E-state index in [1.165, 1.54) is 43.2 Å². The Labute approximate surface area is 266 Å². The maximum atomic E-state index is 11.3. The number of piperazine rings is 1. The molecule has 3 heterocycles. The lowest BCUT2D eigenvalue weighted by Gasteiger charge is -2.35. The van der Waals surface area contributed by atoms with Crippen LogP contribution in [0.25, 0.3) is 10.9 Å². The highest BCUT2D eigenvalue weighted by molar-refractivity contribution is 7.51. The third-order valence-corrected chi connectivity index (χ3v) is 9.78. The van der Waals surface area contributed by atoms with Crippen LogP contribution >= 0.6 is 7.60 Å². The lowest BCUT2D eigenvalue weighted by molar-refractivity contribution is 0.263. The number of benzene rings is 1. The van der Waals surface area contributed by atoms with Gasteiger partial charge >= 0.3 is 7.60 Å². The minimum absolute atomic E-state index is 0.119. The Bertz CT molecular complexity index is 1420. The van der Waals surface area contributed by atoms with E-state index in [0.717, 1.165) is 67.5 Å². The van der Waals surface area contributed by atoms with Crippen LogP contribution < -0.4 is 20.9 Å². The number of nitrogens with one attached hydrogen (secondary N) is 3. The number of hydrogen-bond donors (Lipinski definition) is 5. The number of fused-ring (bicyclic) bond motifs is 1. The van der Waals surface area contributed by atoms with Crippen molar-refractivity contribution >= 4 is 30.3 Å². The summed E-state index contributed by atoms with van der Waals surface area (Å²) < 4.78 is 13.2. The molecule has 2 aromatic heterocycles. The minimum atomic E-state index is -4.00. The van der Waals surface area contributed by atoms with E-state index in [1.54, 1.807) is 0 Å². The molecule has 2 aliphatic rings. The fraction of sp³-hybridized carbons (Fsp3) is 0.677. The topological polar surface area (TPSA) is 157 Å². The zero-order valence-corrected chi connectivity index (χ0v) is 27.8. The minimum Gasteiger partial charge on any atom is -0.364 e. The van der Waals surface area contributed by atoms with Crippen LogP contribution in [0.5, 0.6) is 0 Å². The van der Waals surface area contributed by atoms with Gasteiger partial charge in [-0.2, -0.15) is 4.98 Å². The van der Waals surface area contributed by atoms with Gasteiger partial charge in [0.05, 0.1) is 24.4 Å². The number of rotatable bonds is 16. The summed E-state index contributed by atoms with van der Waals surface area (Å²) in [5.74, 6) is 1.42. The van der Waals surface area contributed by atoms with E-state index in [-0.39, 0.29) is 6.16 Å². The van der Waals surface area contributed by atoms with Crippen LogP contribution in [0.3, 0.4) is 0 Å². The zero-order chi connectivity index (χ0) is 31.6. The SMILES string of the molecule is Cc1cc2nc(N3CCN(CCP(=O)(O)O)CC3)nc(NCc3cn(CCCNCCCNC4CCCCC4)nn3)c2cc1C. The molecular weight excluding hydrogens is 591 g/mol. The van der Waals surface area contributed by atoms with Gasteiger partial charge in [-0.3, -0.25) is 14.1 Å². The molecule has 1 aliphatic heterocycles. The first-order valence-corrected chi connectivity index (χ1v) is 18.4. The third-order valence-electron chi connectivity index (χ3n) is 8.99. The van der Waals surface area contributed by atoms with Crippen molar-refractivity contribution in [2.75, 3.05) is 68.7 Å². The van der Waals surface area contributed by atoms with E-state index in [4.69, 9.17) is 9.97 Å².